The molecule has 0 aromatic carbocycles. The summed E-state index contributed by atoms with van der Waals surface area (Å²) in [6.45, 7) is 0.616. The average Bonchev–Trinajstić information content (AvgIpc) is 2.82. The first-order chi connectivity index (χ1) is 7.75. The van der Waals surface area contributed by atoms with Crippen molar-refractivity contribution < 1.29 is 4.79 Å². The minimum Gasteiger partial charge on any atom is -0.383 e. The SMILES string of the molecule is Nc1ncccc1-c1cc2c(s1)C(=O)NC2. The standard InChI is InChI=1S/C11H9N3OS/c12-10-7(2-1-3-13-10)8-4-6-5-14-11(15)9(6)16-8/h1-4H,5H2,(H2,12,13)(H,14,15). The van der Waals surface area contributed by atoms with Gasteiger partial charge in [0.05, 0.1) is 4.88 Å². The lowest BCUT2D eigenvalue weighted by Crippen LogP contribution is -2.12. The molecule has 0 bridgehead atoms. The molecule has 0 unspecified atom stereocenters. The monoisotopic (exact) mass is 231 g/mol. The van der Waals surface area contributed by atoms with E-state index in [1.54, 1.807) is 6.20 Å². The van der Waals surface area contributed by atoms with Crippen LogP contribution in [-0.4, -0.2) is 10.9 Å². The Hall–Kier alpha value is -1.88. The molecule has 0 fully saturated rings. The van der Waals surface area contributed by atoms with Crippen molar-refractivity contribution >= 4 is 23.1 Å². The summed E-state index contributed by atoms with van der Waals surface area (Å²) in [7, 11) is 0. The molecule has 0 aliphatic carbocycles. The number of nitrogen functional groups attached to an aromatic ring is 1. The molecule has 0 saturated carbocycles. The highest BCUT2D eigenvalue weighted by atomic mass is 32.1. The Morgan fingerprint density at radius 3 is 3.12 bits per heavy atom. The molecule has 3 heterocycles. The second kappa shape index (κ2) is 3.31. The third kappa shape index (κ3) is 1.29. The summed E-state index contributed by atoms with van der Waals surface area (Å²) in [5.41, 5.74) is 7.75. The predicted octanol–water partition coefficient (Wildman–Crippen LogP) is 1.64. The fraction of sp³-hybridized carbons (Fsp3) is 0.0909. The van der Waals surface area contributed by atoms with Crippen molar-refractivity contribution in [3.8, 4) is 10.4 Å². The number of hydrogen-bond donors (Lipinski definition) is 2. The van der Waals surface area contributed by atoms with E-state index in [4.69, 9.17) is 5.73 Å². The number of carbonyl (C=O) groups is 1. The Bertz CT molecular complexity index is 576. The van der Waals surface area contributed by atoms with E-state index in [0.717, 1.165) is 20.9 Å². The quantitative estimate of drug-likeness (QED) is 0.784. The lowest BCUT2D eigenvalue weighted by Gasteiger charge is -2.00. The van der Waals surface area contributed by atoms with Gasteiger partial charge in [0, 0.05) is 23.2 Å². The maximum Gasteiger partial charge on any atom is 0.261 e. The molecule has 16 heavy (non-hydrogen) atoms. The molecule has 5 heteroatoms. The number of hydrogen-bond acceptors (Lipinski definition) is 4. The molecule has 0 spiro atoms. The van der Waals surface area contributed by atoms with E-state index in [1.165, 1.54) is 11.3 Å². The Labute approximate surface area is 96.1 Å². The zero-order chi connectivity index (χ0) is 11.1. The lowest BCUT2D eigenvalue weighted by molar-refractivity contribution is 0.0969. The number of pyridine rings is 1. The third-order valence-corrected chi connectivity index (χ3v) is 3.77. The van der Waals surface area contributed by atoms with Gasteiger partial charge in [0.15, 0.2) is 0 Å². The Morgan fingerprint density at radius 2 is 2.38 bits per heavy atom. The molecule has 3 rings (SSSR count). The zero-order valence-electron chi connectivity index (χ0n) is 8.36. The number of fused-ring (bicyclic) bond motifs is 1. The molecule has 0 radical (unpaired) electrons. The largest absolute Gasteiger partial charge is 0.383 e. The molecule has 2 aromatic rings. The molecule has 2 aromatic heterocycles. The van der Waals surface area contributed by atoms with E-state index in [9.17, 15) is 4.79 Å². The summed E-state index contributed by atoms with van der Waals surface area (Å²) in [6, 6.07) is 5.77. The summed E-state index contributed by atoms with van der Waals surface area (Å²) in [5, 5.41) is 2.78. The molecule has 80 valence electrons. The molecule has 1 amide bonds. The maximum atomic E-state index is 11.4. The number of rotatable bonds is 1. The van der Waals surface area contributed by atoms with Crippen molar-refractivity contribution in [1.82, 2.24) is 10.3 Å². The topological polar surface area (TPSA) is 68.0 Å². The van der Waals surface area contributed by atoms with Gasteiger partial charge in [0.25, 0.3) is 5.91 Å². The summed E-state index contributed by atoms with van der Waals surface area (Å²) in [6.07, 6.45) is 1.66. The predicted molar refractivity (Wildman–Crippen MR) is 63.1 cm³/mol. The van der Waals surface area contributed by atoms with Crippen LogP contribution in [0.1, 0.15) is 15.2 Å². The fourth-order valence-electron chi connectivity index (χ4n) is 1.77. The number of thiophene rings is 1. The fourth-order valence-corrected chi connectivity index (χ4v) is 2.90. The maximum absolute atomic E-state index is 11.4. The highest BCUT2D eigenvalue weighted by Crippen LogP contribution is 2.35. The van der Waals surface area contributed by atoms with E-state index in [2.05, 4.69) is 10.3 Å². The minimum absolute atomic E-state index is 0.00807. The third-order valence-electron chi connectivity index (χ3n) is 2.56. The van der Waals surface area contributed by atoms with E-state index >= 15 is 0 Å². The Kier molecular flexibility index (Phi) is 1.94. The summed E-state index contributed by atoms with van der Waals surface area (Å²) in [5.74, 6) is 0.511. The van der Waals surface area contributed by atoms with Gasteiger partial charge in [-0.05, 0) is 23.8 Å². The molecule has 1 aliphatic rings. The minimum atomic E-state index is 0.00807. The highest BCUT2D eigenvalue weighted by molar-refractivity contribution is 7.17. The number of amides is 1. The van der Waals surface area contributed by atoms with Crippen LogP contribution in [0.5, 0.6) is 0 Å². The van der Waals surface area contributed by atoms with E-state index in [-0.39, 0.29) is 5.91 Å². The molecular weight excluding hydrogens is 222 g/mol. The van der Waals surface area contributed by atoms with Crippen LogP contribution in [0, 0.1) is 0 Å². The molecule has 3 N–H and O–H groups in total. The number of nitrogens with one attached hydrogen (secondary N) is 1. The van der Waals surface area contributed by atoms with Gasteiger partial charge in [-0.15, -0.1) is 11.3 Å². The van der Waals surface area contributed by atoms with Crippen molar-refractivity contribution in [3.63, 3.8) is 0 Å². The molecular formula is C11H9N3OS. The molecule has 1 aliphatic heterocycles. The van der Waals surface area contributed by atoms with Crippen LogP contribution >= 0.6 is 11.3 Å². The van der Waals surface area contributed by atoms with Gasteiger partial charge in [-0.25, -0.2) is 4.98 Å². The Balaban J connectivity index is 2.12. The normalized spacial score (nSPS) is 13.6. The molecule has 0 atom stereocenters. The second-order valence-electron chi connectivity index (χ2n) is 3.58. The van der Waals surface area contributed by atoms with Crippen LogP contribution in [0.2, 0.25) is 0 Å². The van der Waals surface area contributed by atoms with E-state index in [0.29, 0.717) is 12.4 Å². The first-order valence-corrected chi connectivity index (χ1v) is 5.69. The van der Waals surface area contributed by atoms with Crippen molar-refractivity contribution in [2.24, 2.45) is 0 Å². The average molecular weight is 231 g/mol. The number of nitrogens with two attached hydrogens (primary N) is 1. The van der Waals surface area contributed by atoms with Crippen LogP contribution in [0.3, 0.4) is 0 Å². The zero-order valence-corrected chi connectivity index (χ0v) is 9.17. The van der Waals surface area contributed by atoms with Crippen LogP contribution in [0.15, 0.2) is 24.4 Å². The number of anilines is 1. The highest BCUT2D eigenvalue weighted by Gasteiger charge is 2.23. The van der Waals surface area contributed by atoms with Gasteiger partial charge >= 0.3 is 0 Å². The molecule has 4 nitrogen and oxygen atoms in total. The van der Waals surface area contributed by atoms with Crippen LogP contribution in [-0.2, 0) is 6.54 Å². The van der Waals surface area contributed by atoms with Gasteiger partial charge in [-0.2, -0.15) is 0 Å². The number of aromatic nitrogens is 1. The van der Waals surface area contributed by atoms with Crippen LogP contribution < -0.4 is 11.1 Å². The van der Waals surface area contributed by atoms with Crippen molar-refractivity contribution in [1.29, 1.82) is 0 Å². The lowest BCUT2D eigenvalue weighted by atomic mass is 10.2. The molecule has 0 saturated heterocycles. The van der Waals surface area contributed by atoms with Crippen LogP contribution in [0.4, 0.5) is 5.82 Å². The van der Waals surface area contributed by atoms with Gasteiger partial charge in [-0.3, -0.25) is 4.79 Å². The first kappa shape index (κ1) is 9.35. The first-order valence-electron chi connectivity index (χ1n) is 4.87. The number of nitrogens with zero attached hydrogens (tertiary/aromatic N) is 1. The number of carbonyl (C=O) groups excluding carboxylic acids is 1. The van der Waals surface area contributed by atoms with Crippen molar-refractivity contribution in [3.05, 3.63) is 34.8 Å². The Morgan fingerprint density at radius 1 is 1.50 bits per heavy atom. The van der Waals surface area contributed by atoms with Gasteiger partial charge in [0.1, 0.15) is 5.82 Å². The summed E-state index contributed by atoms with van der Waals surface area (Å²) < 4.78 is 0. The van der Waals surface area contributed by atoms with Crippen molar-refractivity contribution in [2.45, 2.75) is 6.54 Å². The summed E-state index contributed by atoms with van der Waals surface area (Å²) in [4.78, 5) is 17.3. The van der Waals surface area contributed by atoms with E-state index in [1.807, 2.05) is 18.2 Å². The second-order valence-corrected chi connectivity index (χ2v) is 4.64. The van der Waals surface area contributed by atoms with Gasteiger partial charge in [-0.1, -0.05) is 0 Å². The van der Waals surface area contributed by atoms with Crippen LogP contribution in [0.25, 0.3) is 10.4 Å². The van der Waals surface area contributed by atoms with Crippen molar-refractivity contribution in [2.75, 3.05) is 5.73 Å². The summed E-state index contributed by atoms with van der Waals surface area (Å²) >= 11 is 1.47. The van der Waals surface area contributed by atoms with Gasteiger partial charge in [0.2, 0.25) is 0 Å². The van der Waals surface area contributed by atoms with E-state index < -0.39 is 0 Å². The van der Waals surface area contributed by atoms with Gasteiger partial charge < -0.3 is 11.1 Å². The smallest absolute Gasteiger partial charge is 0.261 e.